The molecule has 0 unspecified atom stereocenters. The molecule has 26 heavy (non-hydrogen) atoms. The lowest BCUT2D eigenvalue weighted by molar-refractivity contribution is -0.159. The van der Waals surface area contributed by atoms with Crippen LogP contribution < -0.4 is 0 Å². The van der Waals surface area contributed by atoms with Crippen LogP contribution in [0.1, 0.15) is 46.3 Å². The fourth-order valence-corrected chi connectivity index (χ4v) is 6.17. The fourth-order valence-electron chi connectivity index (χ4n) is 3.38. The van der Waals surface area contributed by atoms with Gasteiger partial charge in [0.1, 0.15) is 18.3 Å². The van der Waals surface area contributed by atoms with Crippen molar-refractivity contribution in [2.45, 2.75) is 76.8 Å². The molecule has 0 amide bonds. The normalized spacial score (nSPS) is 22.2. The molecular formula is C20H32O5Si. The molecule has 0 saturated carbocycles. The number of carbonyl (C=O) groups excluding carboxylic acids is 1. The lowest BCUT2D eigenvalue weighted by Crippen LogP contribution is -2.48. The SMILES string of the molecule is CC[Si](CC)(CC)O[C@@H](C(=O)[C@@H]1COC(C)(C)O1)[C@@H](O)c1ccccc1. The van der Waals surface area contributed by atoms with Crippen molar-refractivity contribution in [2.24, 2.45) is 0 Å². The van der Waals surface area contributed by atoms with E-state index in [0.29, 0.717) is 5.56 Å². The molecule has 1 N–H and O–H groups in total. The monoisotopic (exact) mass is 380 g/mol. The largest absolute Gasteiger partial charge is 0.404 e. The number of aliphatic hydroxyl groups is 1. The van der Waals surface area contributed by atoms with Crippen molar-refractivity contribution >= 4 is 14.1 Å². The minimum Gasteiger partial charge on any atom is -0.404 e. The number of hydrogen-bond donors (Lipinski definition) is 1. The van der Waals surface area contributed by atoms with E-state index in [-0.39, 0.29) is 12.4 Å². The molecule has 0 aliphatic carbocycles. The van der Waals surface area contributed by atoms with E-state index < -0.39 is 32.4 Å². The topological polar surface area (TPSA) is 65.0 Å². The molecule has 1 heterocycles. The van der Waals surface area contributed by atoms with Gasteiger partial charge in [-0.3, -0.25) is 4.79 Å². The van der Waals surface area contributed by atoms with Crippen LogP contribution in [0.15, 0.2) is 30.3 Å². The first-order valence-electron chi connectivity index (χ1n) is 9.54. The smallest absolute Gasteiger partial charge is 0.194 e. The second-order valence-electron chi connectivity index (χ2n) is 7.36. The van der Waals surface area contributed by atoms with Crippen LogP contribution >= 0.6 is 0 Å². The van der Waals surface area contributed by atoms with Crippen molar-refractivity contribution in [1.82, 2.24) is 0 Å². The first kappa shape index (κ1) is 21.2. The van der Waals surface area contributed by atoms with Gasteiger partial charge in [0.05, 0.1) is 6.61 Å². The van der Waals surface area contributed by atoms with Crippen LogP contribution in [-0.4, -0.2) is 43.8 Å². The minimum absolute atomic E-state index is 0.187. The molecule has 0 aromatic heterocycles. The Labute approximate surface area is 157 Å². The Bertz CT molecular complexity index is 577. The number of hydrogen-bond acceptors (Lipinski definition) is 5. The Kier molecular flexibility index (Phi) is 7.16. The third-order valence-corrected chi connectivity index (χ3v) is 9.96. The van der Waals surface area contributed by atoms with Gasteiger partial charge >= 0.3 is 0 Å². The van der Waals surface area contributed by atoms with Crippen LogP contribution in [0.4, 0.5) is 0 Å². The summed E-state index contributed by atoms with van der Waals surface area (Å²) in [6, 6.07) is 11.9. The number of rotatable bonds is 9. The van der Waals surface area contributed by atoms with E-state index >= 15 is 0 Å². The van der Waals surface area contributed by atoms with Crippen molar-refractivity contribution in [1.29, 1.82) is 0 Å². The van der Waals surface area contributed by atoms with Gasteiger partial charge in [-0.05, 0) is 37.5 Å². The van der Waals surface area contributed by atoms with Crippen LogP contribution in [0, 0.1) is 0 Å². The van der Waals surface area contributed by atoms with Gasteiger partial charge in [0.2, 0.25) is 0 Å². The van der Waals surface area contributed by atoms with Gasteiger partial charge in [-0.1, -0.05) is 51.1 Å². The maximum atomic E-state index is 13.2. The van der Waals surface area contributed by atoms with Crippen molar-refractivity contribution in [3.05, 3.63) is 35.9 Å². The Balaban J connectivity index is 2.30. The lowest BCUT2D eigenvalue weighted by atomic mass is 9.99. The summed E-state index contributed by atoms with van der Waals surface area (Å²) in [5, 5.41) is 11.0. The third kappa shape index (κ3) is 4.81. The number of carbonyl (C=O) groups is 1. The average molecular weight is 381 g/mol. The maximum absolute atomic E-state index is 13.2. The zero-order valence-corrected chi connectivity index (χ0v) is 17.5. The number of Topliss-reactive ketones (excluding diaryl/α,β-unsaturated/α-hetero) is 1. The summed E-state index contributed by atoms with van der Waals surface area (Å²) >= 11 is 0. The molecule has 1 fully saturated rings. The van der Waals surface area contributed by atoms with Crippen molar-refractivity contribution < 1.29 is 23.8 Å². The number of ether oxygens (including phenoxy) is 2. The van der Waals surface area contributed by atoms with E-state index in [9.17, 15) is 9.90 Å². The Morgan fingerprint density at radius 2 is 1.81 bits per heavy atom. The van der Waals surface area contributed by atoms with E-state index in [1.54, 1.807) is 13.8 Å². The van der Waals surface area contributed by atoms with E-state index in [0.717, 1.165) is 18.1 Å². The minimum atomic E-state index is -2.10. The van der Waals surface area contributed by atoms with E-state index in [1.165, 1.54) is 0 Å². The Morgan fingerprint density at radius 3 is 2.27 bits per heavy atom. The molecule has 3 atom stereocenters. The van der Waals surface area contributed by atoms with Crippen LogP contribution in [0.3, 0.4) is 0 Å². The summed E-state index contributed by atoms with van der Waals surface area (Å²) in [7, 11) is -2.10. The molecule has 1 aliphatic heterocycles. The number of aliphatic hydroxyl groups excluding tert-OH is 1. The molecule has 1 aromatic carbocycles. The highest BCUT2D eigenvalue weighted by molar-refractivity contribution is 6.73. The van der Waals surface area contributed by atoms with Crippen LogP contribution in [0.5, 0.6) is 0 Å². The van der Waals surface area contributed by atoms with Crippen molar-refractivity contribution in [3.63, 3.8) is 0 Å². The van der Waals surface area contributed by atoms with Gasteiger partial charge < -0.3 is 19.0 Å². The van der Waals surface area contributed by atoms with Gasteiger partial charge in [0.15, 0.2) is 19.9 Å². The molecular weight excluding hydrogens is 348 g/mol. The van der Waals surface area contributed by atoms with Gasteiger partial charge in [-0.15, -0.1) is 0 Å². The zero-order chi connectivity index (χ0) is 19.4. The molecule has 146 valence electrons. The van der Waals surface area contributed by atoms with Gasteiger partial charge in [-0.25, -0.2) is 0 Å². The predicted molar refractivity (Wildman–Crippen MR) is 103 cm³/mol. The molecule has 0 spiro atoms. The summed E-state index contributed by atoms with van der Waals surface area (Å²) < 4.78 is 17.7. The van der Waals surface area contributed by atoms with Gasteiger partial charge in [0, 0.05) is 0 Å². The van der Waals surface area contributed by atoms with E-state index in [2.05, 4.69) is 20.8 Å². The molecule has 0 bridgehead atoms. The zero-order valence-electron chi connectivity index (χ0n) is 16.5. The molecule has 6 heteroatoms. The predicted octanol–water partition coefficient (Wildman–Crippen LogP) is 3.83. The highest BCUT2D eigenvalue weighted by atomic mass is 28.4. The van der Waals surface area contributed by atoms with E-state index in [1.807, 2.05) is 30.3 Å². The molecule has 1 saturated heterocycles. The standard InChI is InChI=1S/C20H32O5Si/c1-6-26(7-2,8-3)25-19(17(21)15-12-10-9-11-13-15)18(22)16-14-23-20(4,5)24-16/h9-13,16-17,19,21H,6-8,14H2,1-5H3/t16-,17-,19+/m0/s1. The molecule has 5 nitrogen and oxygen atoms in total. The second-order valence-corrected chi connectivity index (χ2v) is 12.1. The van der Waals surface area contributed by atoms with Gasteiger partial charge in [-0.2, -0.15) is 0 Å². The first-order valence-corrected chi connectivity index (χ1v) is 12.1. The molecule has 1 aromatic rings. The highest BCUT2D eigenvalue weighted by Crippen LogP contribution is 2.32. The second kappa shape index (κ2) is 8.76. The summed E-state index contributed by atoms with van der Waals surface area (Å²) in [5.74, 6) is -1.03. The molecule has 0 radical (unpaired) electrons. The average Bonchev–Trinajstić information content (AvgIpc) is 3.03. The quantitative estimate of drug-likeness (QED) is 0.660. The van der Waals surface area contributed by atoms with Crippen LogP contribution in [0.25, 0.3) is 0 Å². The van der Waals surface area contributed by atoms with Crippen LogP contribution in [0.2, 0.25) is 18.1 Å². The maximum Gasteiger partial charge on any atom is 0.194 e. The summed E-state index contributed by atoms with van der Waals surface area (Å²) in [6.07, 6.45) is -2.68. The lowest BCUT2D eigenvalue weighted by Gasteiger charge is -2.35. The fraction of sp³-hybridized carbons (Fsp3) is 0.650. The molecule has 1 aliphatic rings. The Morgan fingerprint density at radius 1 is 1.23 bits per heavy atom. The summed E-state index contributed by atoms with van der Waals surface area (Å²) in [6.45, 7) is 10.1. The van der Waals surface area contributed by atoms with Crippen molar-refractivity contribution in [3.8, 4) is 0 Å². The highest BCUT2D eigenvalue weighted by Gasteiger charge is 2.45. The van der Waals surface area contributed by atoms with E-state index in [4.69, 9.17) is 13.9 Å². The Hall–Kier alpha value is -1.05. The van der Waals surface area contributed by atoms with Gasteiger partial charge in [0.25, 0.3) is 0 Å². The van der Waals surface area contributed by atoms with Crippen molar-refractivity contribution in [2.75, 3.05) is 6.61 Å². The first-order chi connectivity index (χ1) is 12.3. The number of ketones is 1. The molecule has 2 rings (SSSR count). The number of benzene rings is 1. The summed E-state index contributed by atoms with van der Waals surface area (Å²) in [5.41, 5.74) is 0.676. The van der Waals surface area contributed by atoms with Crippen LogP contribution in [-0.2, 0) is 18.7 Å². The third-order valence-electron chi connectivity index (χ3n) is 5.34. The summed E-state index contributed by atoms with van der Waals surface area (Å²) in [4.78, 5) is 13.2.